The molecule has 20 heavy (non-hydrogen) atoms. The molecule has 1 aromatic rings. The second kappa shape index (κ2) is 9.83. The van der Waals surface area contributed by atoms with E-state index >= 15 is 0 Å². The number of benzene rings is 1. The topological polar surface area (TPSA) is 38.3 Å². The van der Waals surface area contributed by atoms with Gasteiger partial charge in [-0.05, 0) is 24.7 Å². The SMILES string of the molecule is CCOC(=O)C(CCSCc1ccccc1)NC(C)C. The van der Waals surface area contributed by atoms with E-state index in [0.29, 0.717) is 6.61 Å². The highest BCUT2D eigenvalue weighted by Crippen LogP contribution is 2.14. The van der Waals surface area contributed by atoms with Crippen LogP contribution in [0.15, 0.2) is 30.3 Å². The molecule has 0 spiro atoms. The molecule has 1 aromatic carbocycles. The van der Waals surface area contributed by atoms with Gasteiger partial charge in [0.2, 0.25) is 0 Å². The van der Waals surface area contributed by atoms with E-state index in [1.165, 1.54) is 5.56 Å². The zero-order valence-electron chi connectivity index (χ0n) is 12.6. The van der Waals surface area contributed by atoms with Crippen molar-refractivity contribution in [1.29, 1.82) is 0 Å². The van der Waals surface area contributed by atoms with Crippen LogP contribution < -0.4 is 5.32 Å². The highest BCUT2D eigenvalue weighted by atomic mass is 32.2. The minimum atomic E-state index is -0.196. The quantitative estimate of drug-likeness (QED) is 0.561. The lowest BCUT2D eigenvalue weighted by molar-refractivity contribution is -0.145. The summed E-state index contributed by atoms with van der Waals surface area (Å²) in [5.74, 6) is 1.79. The number of ether oxygens (including phenoxy) is 1. The minimum absolute atomic E-state index is 0.137. The Kier molecular flexibility index (Phi) is 8.38. The van der Waals surface area contributed by atoms with Gasteiger partial charge in [0, 0.05) is 11.8 Å². The van der Waals surface area contributed by atoms with E-state index in [1.54, 1.807) is 0 Å². The molecule has 1 atom stereocenters. The number of carbonyl (C=O) groups is 1. The molecule has 112 valence electrons. The van der Waals surface area contributed by atoms with E-state index in [-0.39, 0.29) is 18.1 Å². The molecule has 0 aliphatic carbocycles. The Bertz CT molecular complexity index is 381. The zero-order chi connectivity index (χ0) is 14.8. The molecular weight excluding hydrogens is 270 g/mol. The van der Waals surface area contributed by atoms with Crippen molar-refractivity contribution in [2.75, 3.05) is 12.4 Å². The van der Waals surface area contributed by atoms with Crippen LogP contribution in [0.1, 0.15) is 32.8 Å². The average molecular weight is 295 g/mol. The fraction of sp³-hybridized carbons (Fsp3) is 0.562. The Morgan fingerprint density at radius 1 is 1.30 bits per heavy atom. The van der Waals surface area contributed by atoms with Gasteiger partial charge >= 0.3 is 5.97 Å². The van der Waals surface area contributed by atoms with Crippen LogP contribution in [0, 0.1) is 0 Å². The standard InChI is InChI=1S/C16H25NO2S/c1-4-19-16(18)15(17-13(2)3)10-11-20-12-14-8-6-5-7-9-14/h5-9,13,15,17H,4,10-12H2,1-3H3. The smallest absolute Gasteiger partial charge is 0.323 e. The lowest BCUT2D eigenvalue weighted by atomic mass is 10.2. The molecule has 1 rings (SSSR count). The molecule has 0 saturated carbocycles. The van der Waals surface area contributed by atoms with Crippen molar-refractivity contribution in [3.8, 4) is 0 Å². The first kappa shape index (κ1) is 17.1. The predicted octanol–water partition coefficient (Wildman–Crippen LogP) is 3.24. The summed E-state index contributed by atoms with van der Waals surface area (Å²) in [4.78, 5) is 11.8. The first-order valence-corrected chi connectivity index (χ1v) is 8.33. The van der Waals surface area contributed by atoms with Crippen LogP contribution in [0.25, 0.3) is 0 Å². The number of carbonyl (C=O) groups excluding carboxylic acids is 1. The van der Waals surface area contributed by atoms with Crippen LogP contribution in [0.5, 0.6) is 0 Å². The van der Waals surface area contributed by atoms with E-state index in [4.69, 9.17) is 4.74 Å². The Morgan fingerprint density at radius 3 is 2.60 bits per heavy atom. The van der Waals surface area contributed by atoms with Crippen molar-refractivity contribution in [1.82, 2.24) is 5.32 Å². The summed E-state index contributed by atoms with van der Waals surface area (Å²) in [5.41, 5.74) is 1.32. The molecule has 1 N–H and O–H groups in total. The summed E-state index contributed by atoms with van der Waals surface area (Å²) >= 11 is 1.85. The number of esters is 1. The third-order valence-corrected chi connectivity index (χ3v) is 3.83. The van der Waals surface area contributed by atoms with Crippen molar-refractivity contribution in [3.63, 3.8) is 0 Å². The summed E-state index contributed by atoms with van der Waals surface area (Å²) in [6.07, 6.45) is 0.800. The van der Waals surface area contributed by atoms with Crippen LogP contribution in [0.4, 0.5) is 0 Å². The third-order valence-electron chi connectivity index (χ3n) is 2.77. The molecule has 0 radical (unpaired) electrons. The van der Waals surface area contributed by atoms with E-state index in [2.05, 4.69) is 29.6 Å². The fourth-order valence-corrected chi connectivity index (χ4v) is 2.85. The number of nitrogens with one attached hydrogen (secondary N) is 1. The Morgan fingerprint density at radius 2 is 2.00 bits per heavy atom. The first-order valence-electron chi connectivity index (χ1n) is 7.17. The second-order valence-corrected chi connectivity index (χ2v) is 6.06. The van der Waals surface area contributed by atoms with Crippen molar-refractivity contribution in [3.05, 3.63) is 35.9 Å². The number of hydrogen-bond donors (Lipinski definition) is 1. The van der Waals surface area contributed by atoms with E-state index in [1.807, 2.05) is 38.6 Å². The maximum atomic E-state index is 11.8. The Balaban J connectivity index is 2.32. The molecule has 0 bridgehead atoms. The number of thioether (sulfide) groups is 1. The predicted molar refractivity (Wildman–Crippen MR) is 85.9 cm³/mol. The molecule has 0 heterocycles. The van der Waals surface area contributed by atoms with Gasteiger partial charge in [-0.2, -0.15) is 11.8 Å². The lowest BCUT2D eigenvalue weighted by Crippen LogP contribution is -2.42. The van der Waals surface area contributed by atoms with Crippen LogP contribution >= 0.6 is 11.8 Å². The van der Waals surface area contributed by atoms with Crippen molar-refractivity contribution in [2.24, 2.45) is 0 Å². The van der Waals surface area contributed by atoms with Crippen LogP contribution in [0.2, 0.25) is 0 Å². The second-order valence-electron chi connectivity index (χ2n) is 4.95. The van der Waals surface area contributed by atoms with E-state index in [9.17, 15) is 4.79 Å². The molecule has 0 aromatic heterocycles. The number of hydrogen-bond acceptors (Lipinski definition) is 4. The fourth-order valence-electron chi connectivity index (χ4n) is 1.88. The largest absolute Gasteiger partial charge is 0.465 e. The lowest BCUT2D eigenvalue weighted by Gasteiger charge is -2.19. The first-order chi connectivity index (χ1) is 9.63. The maximum absolute atomic E-state index is 11.8. The van der Waals surface area contributed by atoms with E-state index < -0.39 is 0 Å². The minimum Gasteiger partial charge on any atom is -0.465 e. The van der Waals surface area contributed by atoms with Crippen molar-refractivity contribution >= 4 is 17.7 Å². The molecule has 1 unspecified atom stereocenters. The highest BCUT2D eigenvalue weighted by molar-refractivity contribution is 7.98. The molecule has 0 aliphatic heterocycles. The van der Waals surface area contributed by atoms with Gasteiger partial charge < -0.3 is 10.1 Å². The van der Waals surface area contributed by atoms with Gasteiger partial charge in [0.15, 0.2) is 0 Å². The maximum Gasteiger partial charge on any atom is 0.323 e. The molecule has 3 nitrogen and oxygen atoms in total. The molecular formula is C16H25NO2S. The number of rotatable bonds is 9. The monoisotopic (exact) mass is 295 g/mol. The van der Waals surface area contributed by atoms with Crippen LogP contribution in [-0.2, 0) is 15.3 Å². The summed E-state index contributed by atoms with van der Waals surface area (Å²) in [5, 5.41) is 3.28. The summed E-state index contributed by atoms with van der Waals surface area (Å²) in [7, 11) is 0. The van der Waals surface area contributed by atoms with Gasteiger partial charge in [0.05, 0.1) is 6.61 Å². The summed E-state index contributed by atoms with van der Waals surface area (Å²) in [6, 6.07) is 10.5. The Labute approximate surface area is 126 Å². The van der Waals surface area contributed by atoms with E-state index in [0.717, 1.165) is 17.9 Å². The van der Waals surface area contributed by atoms with Crippen LogP contribution in [0.3, 0.4) is 0 Å². The van der Waals surface area contributed by atoms with Gasteiger partial charge in [0.1, 0.15) is 6.04 Å². The van der Waals surface area contributed by atoms with Gasteiger partial charge in [-0.15, -0.1) is 0 Å². The third kappa shape index (κ3) is 6.96. The van der Waals surface area contributed by atoms with Crippen molar-refractivity contribution in [2.45, 2.75) is 45.0 Å². The molecule has 0 fully saturated rings. The molecule has 0 amide bonds. The molecule has 0 aliphatic rings. The van der Waals surface area contributed by atoms with Gasteiger partial charge in [-0.25, -0.2) is 0 Å². The van der Waals surface area contributed by atoms with Gasteiger partial charge in [-0.1, -0.05) is 44.2 Å². The zero-order valence-corrected chi connectivity index (χ0v) is 13.4. The average Bonchev–Trinajstić information content (AvgIpc) is 2.43. The molecule has 4 heteroatoms. The molecule has 0 saturated heterocycles. The van der Waals surface area contributed by atoms with Crippen molar-refractivity contribution < 1.29 is 9.53 Å². The summed E-state index contributed by atoms with van der Waals surface area (Å²) < 4.78 is 5.11. The Hall–Kier alpha value is -1.00. The van der Waals surface area contributed by atoms with Gasteiger partial charge in [-0.3, -0.25) is 4.79 Å². The normalized spacial score (nSPS) is 12.4. The van der Waals surface area contributed by atoms with Gasteiger partial charge in [0.25, 0.3) is 0 Å². The van der Waals surface area contributed by atoms with Crippen LogP contribution in [-0.4, -0.2) is 30.4 Å². The summed E-state index contributed by atoms with van der Waals surface area (Å²) in [6.45, 7) is 6.37. The highest BCUT2D eigenvalue weighted by Gasteiger charge is 2.19.